The number of hydrogen-bond acceptors (Lipinski definition) is 5. The number of hydrogen-bond donors (Lipinski definition) is 1. The SMILES string of the molecule is Cc1cc(C(C)n2cc(N)cn2)nnc1N1C[C@H]2C[C@H]2C1=O. The van der Waals surface area contributed by atoms with Crippen molar-refractivity contribution < 1.29 is 4.79 Å². The summed E-state index contributed by atoms with van der Waals surface area (Å²) in [5.74, 6) is 1.64. The Labute approximate surface area is 128 Å². The van der Waals surface area contributed by atoms with Crippen LogP contribution in [0.4, 0.5) is 11.5 Å². The molecular weight excluding hydrogens is 280 g/mol. The van der Waals surface area contributed by atoms with E-state index in [4.69, 9.17) is 5.73 Å². The highest BCUT2D eigenvalue weighted by Crippen LogP contribution is 2.47. The van der Waals surface area contributed by atoms with Crippen LogP contribution in [0.2, 0.25) is 0 Å². The molecule has 0 aromatic carbocycles. The van der Waals surface area contributed by atoms with Gasteiger partial charge in [-0.1, -0.05) is 0 Å². The number of rotatable bonds is 3. The molecule has 0 radical (unpaired) electrons. The highest BCUT2D eigenvalue weighted by molar-refractivity contribution is 5.99. The van der Waals surface area contributed by atoms with E-state index < -0.39 is 0 Å². The number of nitrogens with two attached hydrogens (primary N) is 1. The maximum Gasteiger partial charge on any atom is 0.231 e. The summed E-state index contributed by atoms with van der Waals surface area (Å²) in [5, 5.41) is 12.8. The highest BCUT2D eigenvalue weighted by atomic mass is 16.2. The second-order valence-corrected chi connectivity index (χ2v) is 6.26. The number of anilines is 2. The first-order valence-electron chi connectivity index (χ1n) is 7.50. The molecule has 2 aliphatic rings. The Hall–Kier alpha value is -2.44. The monoisotopic (exact) mass is 298 g/mol. The Kier molecular flexibility index (Phi) is 2.72. The smallest absolute Gasteiger partial charge is 0.231 e. The van der Waals surface area contributed by atoms with Crippen LogP contribution in [0.25, 0.3) is 0 Å². The second kappa shape index (κ2) is 4.53. The van der Waals surface area contributed by atoms with Gasteiger partial charge >= 0.3 is 0 Å². The average molecular weight is 298 g/mol. The van der Waals surface area contributed by atoms with Gasteiger partial charge in [-0.2, -0.15) is 10.2 Å². The third-order valence-electron chi connectivity index (χ3n) is 4.60. The minimum Gasteiger partial charge on any atom is -0.396 e. The van der Waals surface area contributed by atoms with Gasteiger partial charge in [0.15, 0.2) is 5.82 Å². The molecule has 0 spiro atoms. The summed E-state index contributed by atoms with van der Waals surface area (Å²) in [7, 11) is 0. The topological polar surface area (TPSA) is 89.9 Å². The molecule has 1 saturated carbocycles. The van der Waals surface area contributed by atoms with Gasteiger partial charge < -0.3 is 5.73 Å². The summed E-state index contributed by atoms with van der Waals surface area (Å²) in [4.78, 5) is 14.0. The van der Waals surface area contributed by atoms with Crippen molar-refractivity contribution >= 4 is 17.4 Å². The van der Waals surface area contributed by atoms with Crippen LogP contribution in [0, 0.1) is 18.8 Å². The van der Waals surface area contributed by atoms with Gasteiger partial charge in [0.2, 0.25) is 5.91 Å². The Balaban J connectivity index is 1.61. The fraction of sp³-hybridized carbons (Fsp3) is 0.467. The van der Waals surface area contributed by atoms with Crippen LogP contribution in [0.15, 0.2) is 18.5 Å². The molecule has 2 aromatic rings. The lowest BCUT2D eigenvalue weighted by Crippen LogP contribution is -2.30. The fourth-order valence-corrected chi connectivity index (χ4v) is 3.14. The van der Waals surface area contributed by atoms with Gasteiger partial charge in [0.25, 0.3) is 0 Å². The van der Waals surface area contributed by atoms with Crippen LogP contribution in [-0.4, -0.2) is 32.4 Å². The summed E-state index contributed by atoms with van der Waals surface area (Å²) in [6.07, 6.45) is 4.42. The molecule has 4 rings (SSSR count). The maximum atomic E-state index is 12.2. The van der Waals surface area contributed by atoms with Gasteiger partial charge in [0.05, 0.1) is 23.6 Å². The molecule has 3 atom stereocenters. The molecule has 7 nitrogen and oxygen atoms in total. The highest BCUT2D eigenvalue weighted by Gasteiger charge is 2.53. The summed E-state index contributed by atoms with van der Waals surface area (Å²) in [6, 6.07) is 1.92. The Morgan fingerprint density at radius 1 is 1.41 bits per heavy atom. The quantitative estimate of drug-likeness (QED) is 0.918. The zero-order valence-electron chi connectivity index (χ0n) is 12.6. The molecule has 1 aliphatic heterocycles. The molecule has 0 bridgehead atoms. The van der Waals surface area contributed by atoms with Crippen molar-refractivity contribution in [2.45, 2.75) is 26.3 Å². The zero-order valence-corrected chi connectivity index (χ0v) is 12.6. The van der Waals surface area contributed by atoms with E-state index in [-0.39, 0.29) is 17.9 Å². The van der Waals surface area contributed by atoms with E-state index in [0.29, 0.717) is 17.4 Å². The number of nitrogen functional groups attached to an aromatic ring is 1. The summed E-state index contributed by atoms with van der Waals surface area (Å²) in [6.45, 7) is 4.74. The summed E-state index contributed by atoms with van der Waals surface area (Å²) in [5.41, 5.74) is 8.09. The standard InChI is InChI=1S/C15H18N6O/c1-8-3-13(9(2)21-7-11(16)5-17-21)18-19-14(8)20-6-10-4-12(10)15(20)22/h3,5,7,9-10,12H,4,6,16H2,1-2H3/t9?,10-,12-/m1/s1. The van der Waals surface area contributed by atoms with E-state index in [1.54, 1.807) is 22.0 Å². The summed E-state index contributed by atoms with van der Waals surface area (Å²) >= 11 is 0. The molecule has 22 heavy (non-hydrogen) atoms. The van der Waals surface area contributed by atoms with Crippen LogP contribution in [0.3, 0.4) is 0 Å². The van der Waals surface area contributed by atoms with Gasteiger partial charge in [-0.15, -0.1) is 5.10 Å². The number of nitrogens with zero attached hydrogens (tertiary/aromatic N) is 5. The average Bonchev–Trinajstić information content (AvgIpc) is 3.03. The number of aromatic nitrogens is 4. The lowest BCUT2D eigenvalue weighted by atomic mass is 10.1. The lowest BCUT2D eigenvalue weighted by molar-refractivity contribution is -0.118. The van der Waals surface area contributed by atoms with E-state index in [2.05, 4.69) is 15.3 Å². The van der Waals surface area contributed by atoms with Crippen LogP contribution in [-0.2, 0) is 4.79 Å². The molecule has 2 aromatic heterocycles. The van der Waals surface area contributed by atoms with Gasteiger partial charge in [-0.3, -0.25) is 14.4 Å². The fourth-order valence-electron chi connectivity index (χ4n) is 3.14. The lowest BCUT2D eigenvalue weighted by Gasteiger charge is -2.20. The minimum absolute atomic E-state index is 0.0553. The number of carbonyl (C=O) groups excluding carboxylic acids is 1. The van der Waals surface area contributed by atoms with Crippen molar-refractivity contribution in [2.24, 2.45) is 11.8 Å². The van der Waals surface area contributed by atoms with Crippen molar-refractivity contribution in [1.29, 1.82) is 0 Å². The predicted molar refractivity (Wildman–Crippen MR) is 81.2 cm³/mol. The van der Waals surface area contributed by atoms with Crippen molar-refractivity contribution in [3.63, 3.8) is 0 Å². The van der Waals surface area contributed by atoms with E-state index in [1.165, 1.54) is 0 Å². The molecule has 1 amide bonds. The molecule has 3 heterocycles. The molecule has 2 N–H and O–H groups in total. The normalized spacial score (nSPS) is 24.5. The van der Waals surface area contributed by atoms with E-state index >= 15 is 0 Å². The van der Waals surface area contributed by atoms with Crippen LogP contribution in [0.5, 0.6) is 0 Å². The summed E-state index contributed by atoms with van der Waals surface area (Å²) < 4.78 is 1.76. The van der Waals surface area contributed by atoms with Crippen molar-refractivity contribution in [3.05, 3.63) is 29.7 Å². The molecular formula is C15H18N6O. The first kappa shape index (κ1) is 13.2. The van der Waals surface area contributed by atoms with E-state index in [9.17, 15) is 4.79 Å². The third-order valence-corrected chi connectivity index (χ3v) is 4.60. The Morgan fingerprint density at radius 3 is 2.82 bits per heavy atom. The van der Waals surface area contributed by atoms with Crippen LogP contribution >= 0.6 is 0 Å². The second-order valence-electron chi connectivity index (χ2n) is 6.26. The predicted octanol–water partition coefficient (Wildman–Crippen LogP) is 1.16. The first-order chi connectivity index (χ1) is 10.5. The third kappa shape index (κ3) is 1.96. The van der Waals surface area contributed by atoms with Gasteiger partial charge in [-0.05, 0) is 37.8 Å². The van der Waals surface area contributed by atoms with Crippen molar-refractivity contribution in [1.82, 2.24) is 20.0 Å². The number of aryl methyl sites for hydroxylation is 1. The van der Waals surface area contributed by atoms with E-state index in [1.807, 2.05) is 19.9 Å². The van der Waals surface area contributed by atoms with Gasteiger partial charge in [0.1, 0.15) is 0 Å². The molecule has 7 heteroatoms. The van der Waals surface area contributed by atoms with Crippen LogP contribution < -0.4 is 10.6 Å². The number of piperidine rings is 1. The Bertz CT molecular complexity index is 754. The van der Waals surface area contributed by atoms with Gasteiger partial charge in [0, 0.05) is 18.7 Å². The minimum atomic E-state index is -0.0553. The maximum absolute atomic E-state index is 12.2. The van der Waals surface area contributed by atoms with E-state index in [0.717, 1.165) is 24.2 Å². The number of amides is 1. The molecule has 2 fully saturated rings. The first-order valence-corrected chi connectivity index (χ1v) is 7.50. The number of fused-ring (bicyclic) bond motifs is 1. The molecule has 1 saturated heterocycles. The Morgan fingerprint density at radius 2 is 2.23 bits per heavy atom. The molecule has 114 valence electrons. The van der Waals surface area contributed by atoms with Crippen LogP contribution in [0.1, 0.15) is 30.6 Å². The number of carbonyl (C=O) groups is 1. The van der Waals surface area contributed by atoms with Crippen molar-refractivity contribution in [2.75, 3.05) is 17.2 Å². The van der Waals surface area contributed by atoms with Gasteiger partial charge in [-0.25, -0.2) is 0 Å². The molecule has 1 unspecified atom stereocenters. The van der Waals surface area contributed by atoms with Crippen molar-refractivity contribution in [3.8, 4) is 0 Å². The largest absolute Gasteiger partial charge is 0.396 e. The molecule has 1 aliphatic carbocycles. The zero-order chi connectivity index (χ0) is 15.4.